The lowest BCUT2D eigenvalue weighted by Gasteiger charge is -2.43. The van der Waals surface area contributed by atoms with Gasteiger partial charge in [0.15, 0.2) is 0 Å². The number of carbonyl (C=O) groups excluding carboxylic acids is 2. The smallest absolute Gasteiger partial charge is 0.444 e. The van der Waals surface area contributed by atoms with Gasteiger partial charge < -0.3 is 15.0 Å². The Kier molecular flexibility index (Phi) is 11.5. The number of fused-ring (bicyclic) bond motifs is 1. The molecular formula is C31H27F17N2O3. The molecule has 53 heavy (non-hydrogen) atoms. The second-order valence-corrected chi connectivity index (χ2v) is 12.6. The van der Waals surface area contributed by atoms with Crippen molar-refractivity contribution in [1.82, 2.24) is 10.2 Å². The molecule has 0 atom stereocenters. The number of amides is 2. The van der Waals surface area contributed by atoms with Crippen molar-refractivity contribution >= 4 is 12.0 Å². The molecule has 0 fully saturated rings. The normalized spacial score (nSPS) is 15.6. The van der Waals surface area contributed by atoms with Gasteiger partial charge in [0.05, 0.1) is 0 Å². The fourth-order valence-electron chi connectivity index (χ4n) is 4.94. The number of carbonyl (C=O) groups is 2. The summed E-state index contributed by atoms with van der Waals surface area (Å²) in [7, 11) is 0. The molecule has 5 nitrogen and oxygen atoms in total. The minimum Gasteiger partial charge on any atom is -0.444 e. The molecular weight excluding hydrogens is 771 g/mol. The second-order valence-electron chi connectivity index (χ2n) is 12.6. The summed E-state index contributed by atoms with van der Waals surface area (Å²) in [4.78, 5) is 26.8. The maximum atomic E-state index is 14.3. The Labute approximate surface area is 288 Å². The number of hydrogen-bond acceptors (Lipinski definition) is 3. The van der Waals surface area contributed by atoms with E-state index in [9.17, 15) is 84.2 Å². The van der Waals surface area contributed by atoms with Crippen molar-refractivity contribution in [2.45, 2.75) is 99.4 Å². The van der Waals surface area contributed by atoms with Gasteiger partial charge in [0.1, 0.15) is 5.60 Å². The van der Waals surface area contributed by atoms with E-state index in [4.69, 9.17) is 4.74 Å². The van der Waals surface area contributed by atoms with E-state index in [1.165, 1.54) is 24.3 Å². The zero-order valence-corrected chi connectivity index (χ0v) is 27.0. The highest BCUT2D eigenvalue weighted by atomic mass is 19.4. The van der Waals surface area contributed by atoms with Gasteiger partial charge in [0, 0.05) is 31.6 Å². The topological polar surface area (TPSA) is 58.6 Å². The average Bonchev–Trinajstić information content (AvgIpc) is 3.05. The SMILES string of the molecule is CC(C)(CCC(F)(F)C(F)(F)C(F)(F)C(F)(F)C(F)(F)C(F)(F)C(F)(F)C(F)(F)F)OC(=O)NCc1ccc(C(=O)N2CCc3ccccc3C2)cc1. The van der Waals surface area contributed by atoms with Crippen LogP contribution in [-0.4, -0.2) is 76.7 Å². The molecule has 1 N–H and O–H groups in total. The number of benzene rings is 2. The summed E-state index contributed by atoms with van der Waals surface area (Å²) < 4.78 is 235. The first-order valence-electron chi connectivity index (χ1n) is 14.9. The summed E-state index contributed by atoms with van der Waals surface area (Å²) in [6.45, 7) is 1.82. The minimum absolute atomic E-state index is 0.273. The van der Waals surface area contributed by atoms with Crippen LogP contribution in [0.25, 0.3) is 0 Å². The molecule has 22 heteroatoms. The van der Waals surface area contributed by atoms with Crippen molar-refractivity contribution < 1.29 is 89.0 Å². The standard InChI is InChI=1S/C31H27F17N2O3/c1-23(2,53-22(52)49-15-17-7-9-19(10-8-17)21(51)50-14-11-18-5-3-4-6-20(18)16-50)12-13-24(32,33)25(34,35)26(36,37)27(38,39)28(40,41)29(42,43)30(44,45)31(46,47)48/h3-10H,11-16H2,1-2H3,(H,49,52). The summed E-state index contributed by atoms with van der Waals surface area (Å²) in [5.74, 6) is -57.3. The molecule has 1 heterocycles. The van der Waals surface area contributed by atoms with Crippen molar-refractivity contribution in [3.8, 4) is 0 Å². The number of alkyl carbamates (subject to hydrolysis) is 1. The predicted molar refractivity (Wildman–Crippen MR) is 149 cm³/mol. The van der Waals surface area contributed by atoms with Gasteiger partial charge in [0.25, 0.3) is 5.91 Å². The molecule has 0 aromatic heterocycles. The Morgan fingerprint density at radius 3 is 1.62 bits per heavy atom. The van der Waals surface area contributed by atoms with E-state index in [0.29, 0.717) is 38.9 Å². The van der Waals surface area contributed by atoms with Crippen molar-refractivity contribution in [2.24, 2.45) is 0 Å². The van der Waals surface area contributed by atoms with E-state index in [2.05, 4.69) is 5.32 Å². The van der Waals surface area contributed by atoms with Gasteiger partial charge in [-0.1, -0.05) is 36.4 Å². The molecule has 0 radical (unpaired) electrons. The van der Waals surface area contributed by atoms with Gasteiger partial charge in [-0.25, -0.2) is 4.79 Å². The second kappa shape index (κ2) is 14.0. The molecule has 1 aliphatic heterocycles. The fraction of sp³-hybridized carbons (Fsp3) is 0.548. The third kappa shape index (κ3) is 7.81. The number of halogens is 17. The van der Waals surface area contributed by atoms with Crippen molar-refractivity contribution in [2.75, 3.05) is 6.54 Å². The number of hydrogen-bond donors (Lipinski definition) is 1. The summed E-state index contributed by atoms with van der Waals surface area (Å²) in [6, 6.07) is 13.1. The lowest BCUT2D eigenvalue weighted by atomic mass is 9.87. The van der Waals surface area contributed by atoms with Crippen molar-refractivity contribution in [3.63, 3.8) is 0 Å². The van der Waals surface area contributed by atoms with E-state index in [-0.39, 0.29) is 18.0 Å². The lowest BCUT2D eigenvalue weighted by Crippen LogP contribution is -2.74. The number of nitrogens with one attached hydrogen (secondary N) is 1. The molecule has 3 rings (SSSR count). The van der Waals surface area contributed by atoms with Crippen molar-refractivity contribution in [3.05, 3.63) is 70.8 Å². The highest BCUT2D eigenvalue weighted by Crippen LogP contribution is 2.64. The third-order valence-electron chi connectivity index (χ3n) is 8.25. The van der Waals surface area contributed by atoms with Gasteiger partial charge in [-0.05, 0) is 55.5 Å². The Hall–Kier alpha value is -4.01. The van der Waals surface area contributed by atoms with Crippen LogP contribution in [0.15, 0.2) is 48.5 Å². The Balaban J connectivity index is 1.63. The lowest BCUT2D eigenvalue weighted by molar-refractivity contribution is -0.462. The fourth-order valence-corrected chi connectivity index (χ4v) is 4.94. The number of alkyl halides is 17. The van der Waals surface area contributed by atoms with Gasteiger partial charge in [-0.15, -0.1) is 0 Å². The van der Waals surface area contributed by atoms with Crippen LogP contribution >= 0.6 is 0 Å². The van der Waals surface area contributed by atoms with Crippen LogP contribution in [0.5, 0.6) is 0 Å². The molecule has 2 amide bonds. The first kappa shape index (κ1) is 43.4. The Morgan fingerprint density at radius 1 is 0.642 bits per heavy atom. The first-order chi connectivity index (χ1) is 23.8. The first-order valence-corrected chi connectivity index (χ1v) is 14.9. The predicted octanol–water partition coefficient (Wildman–Crippen LogP) is 9.68. The quantitative estimate of drug-likeness (QED) is 0.206. The number of ether oxygens (including phenoxy) is 1. The highest BCUT2D eigenvalue weighted by molar-refractivity contribution is 5.94. The number of rotatable bonds is 13. The maximum absolute atomic E-state index is 14.3. The zero-order chi connectivity index (χ0) is 40.9. The Bertz CT molecular complexity index is 1640. The zero-order valence-electron chi connectivity index (χ0n) is 27.0. The minimum atomic E-state index is -8.71. The summed E-state index contributed by atoms with van der Waals surface area (Å²) >= 11 is 0. The summed E-state index contributed by atoms with van der Waals surface area (Å²) in [5.41, 5.74) is 0.285. The Morgan fingerprint density at radius 2 is 1.11 bits per heavy atom. The molecule has 0 saturated carbocycles. The molecule has 0 aliphatic carbocycles. The van der Waals surface area contributed by atoms with Crippen LogP contribution in [-0.2, 0) is 24.2 Å². The molecule has 0 bridgehead atoms. The molecule has 2 aromatic rings. The third-order valence-corrected chi connectivity index (χ3v) is 8.25. The van der Waals surface area contributed by atoms with Crippen LogP contribution in [0, 0.1) is 0 Å². The molecule has 0 saturated heterocycles. The van der Waals surface area contributed by atoms with Crippen molar-refractivity contribution in [1.29, 1.82) is 0 Å². The van der Waals surface area contributed by atoms with Crippen LogP contribution in [0.2, 0.25) is 0 Å². The van der Waals surface area contributed by atoms with Gasteiger partial charge in [-0.2, -0.15) is 74.6 Å². The highest BCUT2D eigenvalue weighted by Gasteiger charge is 2.95. The molecule has 2 aromatic carbocycles. The van der Waals surface area contributed by atoms with Crippen LogP contribution < -0.4 is 5.32 Å². The van der Waals surface area contributed by atoms with E-state index in [0.717, 1.165) is 11.1 Å². The van der Waals surface area contributed by atoms with E-state index < -0.39 is 72.2 Å². The van der Waals surface area contributed by atoms with E-state index >= 15 is 0 Å². The largest absolute Gasteiger partial charge is 0.460 e. The van der Waals surface area contributed by atoms with Crippen LogP contribution in [0.4, 0.5) is 79.4 Å². The van der Waals surface area contributed by atoms with Crippen LogP contribution in [0.3, 0.4) is 0 Å². The van der Waals surface area contributed by atoms with Gasteiger partial charge in [0.2, 0.25) is 0 Å². The molecule has 0 spiro atoms. The molecule has 0 unspecified atom stereocenters. The summed E-state index contributed by atoms with van der Waals surface area (Å²) in [6.07, 6.45) is -13.1. The summed E-state index contributed by atoms with van der Waals surface area (Å²) in [5, 5.41) is 2.10. The average molecular weight is 799 g/mol. The van der Waals surface area contributed by atoms with E-state index in [1.807, 2.05) is 24.3 Å². The molecule has 298 valence electrons. The van der Waals surface area contributed by atoms with E-state index in [1.54, 1.807) is 4.90 Å². The van der Waals surface area contributed by atoms with Gasteiger partial charge >= 0.3 is 53.7 Å². The van der Waals surface area contributed by atoms with Crippen LogP contribution in [0.1, 0.15) is 53.7 Å². The number of nitrogens with zero attached hydrogens (tertiary/aromatic N) is 1. The maximum Gasteiger partial charge on any atom is 0.460 e. The van der Waals surface area contributed by atoms with Gasteiger partial charge in [-0.3, -0.25) is 4.79 Å². The monoisotopic (exact) mass is 798 g/mol. The molecule has 1 aliphatic rings.